The topological polar surface area (TPSA) is 79.2 Å². The van der Waals surface area contributed by atoms with Gasteiger partial charge in [0.15, 0.2) is 0 Å². The van der Waals surface area contributed by atoms with E-state index in [9.17, 15) is 15.0 Å². The van der Waals surface area contributed by atoms with E-state index in [4.69, 9.17) is 9.47 Å². The van der Waals surface area contributed by atoms with E-state index in [1.807, 2.05) is 36.4 Å². The quantitative estimate of drug-likeness (QED) is 0.422. The molecule has 2 atom stereocenters. The Morgan fingerprint density at radius 3 is 2.36 bits per heavy atom. The van der Waals surface area contributed by atoms with Crippen molar-refractivity contribution in [2.75, 3.05) is 20.8 Å². The highest BCUT2D eigenvalue weighted by Crippen LogP contribution is 2.35. The summed E-state index contributed by atoms with van der Waals surface area (Å²) in [7, 11) is 3.19. The molecule has 36 heavy (non-hydrogen) atoms. The Morgan fingerprint density at radius 1 is 1.03 bits per heavy atom. The molecule has 1 saturated heterocycles. The van der Waals surface area contributed by atoms with Crippen LogP contribution in [0.2, 0.25) is 0 Å². The molecule has 2 unspecified atom stereocenters. The zero-order valence-corrected chi connectivity index (χ0v) is 21.0. The van der Waals surface area contributed by atoms with E-state index in [-0.39, 0.29) is 0 Å². The third-order valence-corrected chi connectivity index (χ3v) is 6.86. The van der Waals surface area contributed by atoms with Gasteiger partial charge in [0.05, 0.1) is 25.9 Å². The fourth-order valence-corrected chi connectivity index (χ4v) is 4.95. The van der Waals surface area contributed by atoms with Crippen LogP contribution >= 0.6 is 0 Å². The maximum Gasteiger partial charge on any atom is 0.323 e. The van der Waals surface area contributed by atoms with Gasteiger partial charge in [-0.15, -0.1) is 0 Å². The van der Waals surface area contributed by atoms with E-state index in [1.165, 1.54) is 16.7 Å². The fourth-order valence-electron chi connectivity index (χ4n) is 4.95. The van der Waals surface area contributed by atoms with E-state index in [2.05, 4.69) is 43.3 Å². The lowest BCUT2D eigenvalue weighted by atomic mass is 9.95. The molecular formula is C30H33NO5. The number of piperidine rings is 1. The van der Waals surface area contributed by atoms with Crippen molar-refractivity contribution in [3.8, 4) is 22.6 Å². The van der Waals surface area contributed by atoms with Crippen LogP contribution in [0.15, 0.2) is 60.7 Å². The van der Waals surface area contributed by atoms with E-state index in [0.717, 1.165) is 23.1 Å². The SMILES string of the molecule is COc1cc(/C=C/c2cccc(-c3ccccc3)c2C)cc(OC)c1CN1CCCC(O)C1C(=O)O. The molecule has 1 aliphatic rings. The summed E-state index contributed by atoms with van der Waals surface area (Å²) in [5.74, 6) is 0.216. The molecule has 0 aromatic heterocycles. The highest BCUT2D eigenvalue weighted by Gasteiger charge is 2.36. The molecule has 4 rings (SSSR count). The van der Waals surface area contributed by atoms with Gasteiger partial charge >= 0.3 is 5.97 Å². The van der Waals surface area contributed by atoms with Gasteiger partial charge in [-0.05, 0) is 66.3 Å². The number of aliphatic carboxylic acids is 1. The smallest absolute Gasteiger partial charge is 0.323 e. The molecule has 3 aromatic rings. The number of ether oxygens (including phenoxy) is 2. The Balaban J connectivity index is 1.64. The van der Waals surface area contributed by atoms with Crippen molar-refractivity contribution in [1.29, 1.82) is 0 Å². The number of carboxylic acid groups (broad SMARTS) is 1. The molecule has 6 heteroatoms. The molecule has 0 aliphatic carbocycles. The number of aliphatic hydroxyl groups excluding tert-OH is 1. The maximum atomic E-state index is 11.8. The third kappa shape index (κ3) is 5.45. The second kappa shape index (κ2) is 11.4. The van der Waals surface area contributed by atoms with Crippen LogP contribution < -0.4 is 9.47 Å². The van der Waals surface area contributed by atoms with Crippen LogP contribution in [-0.2, 0) is 11.3 Å². The first-order valence-corrected chi connectivity index (χ1v) is 12.2. The third-order valence-electron chi connectivity index (χ3n) is 6.86. The van der Waals surface area contributed by atoms with Gasteiger partial charge in [0, 0.05) is 6.54 Å². The van der Waals surface area contributed by atoms with Gasteiger partial charge in [0.25, 0.3) is 0 Å². The summed E-state index contributed by atoms with van der Waals surface area (Å²) >= 11 is 0. The molecule has 0 saturated carbocycles. The van der Waals surface area contributed by atoms with Gasteiger partial charge in [-0.25, -0.2) is 0 Å². The predicted octanol–water partition coefficient (Wildman–Crippen LogP) is 5.26. The first kappa shape index (κ1) is 25.5. The number of carboxylic acids is 1. The van der Waals surface area contributed by atoms with E-state index in [1.54, 1.807) is 19.1 Å². The van der Waals surface area contributed by atoms with Gasteiger partial charge in [-0.3, -0.25) is 9.69 Å². The van der Waals surface area contributed by atoms with Gasteiger partial charge in [-0.1, -0.05) is 60.7 Å². The van der Waals surface area contributed by atoms with Gasteiger partial charge in [0.1, 0.15) is 17.5 Å². The molecule has 6 nitrogen and oxygen atoms in total. The number of benzene rings is 3. The Kier molecular flexibility index (Phi) is 8.08. The van der Waals surface area contributed by atoms with Gasteiger partial charge < -0.3 is 19.7 Å². The summed E-state index contributed by atoms with van der Waals surface area (Å²) < 4.78 is 11.4. The minimum Gasteiger partial charge on any atom is -0.496 e. The van der Waals surface area contributed by atoms with E-state index in [0.29, 0.717) is 31.0 Å². The van der Waals surface area contributed by atoms with Crippen LogP contribution in [-0.4, -0.2) is 54.0 Å². The normalized spacial score (nSPS) is 18.3. The number of methoxy groups -OCH3 is 2. The summed E-state index contributed by atoms with van der Waals surface area (Å²) in [6, 6.07) is 19.5. The van der Waals surface area contributed by atoms with Crippen molar-refractivity contribution >= 4 is 18.1 Å². The first-order chi connectivity index (χ1) is 17.4. The van der Waals surface area contributed by atoms with E-state index >= 15 is 0 Å². The molecule has 1 heterocycles. The van der Waals surface area contributed by atoms with Crippen molar-refractivity contribution in [3.05, 3.63) is 82.9 Å². The highest BCUT2D eigenvalue weighted by molar-refractivity contribution is 5.78. The van der Waals surface area contributed by atoms with Crippen LogP contribution in [0.3, 0.4) is 0 Å². The minimum absolute atomic E-state index is 0.308. The largest absolute Gasteiger partial charge is 0.496 e. The van der Waals surface area contributed by atoms with Crippen LogP contribution in [0.4, 0.5) is 0 Å². The monoisotopic (exact) mass is 487 g/mol. The molecule has 0 bridgehead atoms. The molecular weight excluding hydrogens is 454 g/mol. The maximum absolute atomic E-state index is 11.8. The highest BCUT2D eigenvalue weighted by atomic mass is 16.5. The molecule has 1 aliphatic heterocycles. The van der Waals surface area contributed by atoms with E-state index < -0.39 is 18.1 Å². The summed E-state index contributed by atoms with van der Waals surface area (Å²) in [6.07, 6.45) is 4.42. The van der Waals surface area contributed by atoms with Crippen molar-refractivity contribution in [1.82, 2.24) is 4.90 Å². The van der Waals surface area contributed by atoms with Crippen molar-refractivity contribution in [2.45, 2.75) is 38.5 Å². The molecule has 2 N–H and O–H groups in total. The Labute approximate surface area is 212 Å². The van der Waals surface area contributed by atoms with Crippen molar-refractivity contribution < 1.29 is 24.5 Å². The molecule has 0 amide bonds. The average Bonchev–Trinajstić information content (AvgIpc) is 2.88. The number of aliphatic hydroxyl groups is 1. The van der Waals surface area contributed by atoms with Gasteiger partial charge in [-0.2, -0.15) is 0 Å². The van der Waals surface area contributed by atoms with Crippen LogP contribution in [0.1, 0.15) is 35.1 Å². The number of hydrogen-bond donors (Lipinski definition) is 2. The van der Waals surface area contributed by atoms with Crippen molar-refractivity contribution in [2.24, 2.45) is 0 Å². The summed E-state index contributed by atoms with van der Waals surface area (Å²) in [6.45, 7) is 3.01. The lowest BCUT2D eigenvalue weighted by Gasteiger charge is -2.36. The first-order valence-electron chi connectivity index (χ1n) is 12.2. The summed E-state index contributed by atoms with van der Waals surface area (Å²) in [4.78, 5) is 13.6. The average molecular weight is 488 g/mol. The lowest BCUT2D eigenvalue weighted by molar-refractivity contribution is -0.150. The standard InChI is InChI=1S/C30H33NO5/c1-20-22(11-7-12-24(20)23-9-5-4-6-10-23)15-14-21-17-27(35-2)25(28(18-21)36-3)19-31-16-8-13-26(32)29(31)30(33)34/h4-7,9-12,14-15,17-18,26,29,32H,8,13,16,19H2,1-3H3,(H,33,34)/b15-14+. The number of likely N-dealkylation sites (tertiary alicyclic amines) is 1. The Hall–Kier alpha value is -3.61. The zero-order valence-electron chi connectivity index (χ0n) is 21.0. The Bertz CT molecular complexity index is 1210. The number of carbonyl (C=O) groups is 1. The summed E-state index contributed by atoms with van der Waals surface area (Å²) in [5, 5.41) is 20.0. The van der Waals surface area contributed by atoms with Crippen LogP contribution in [0.5, 0.6) is 11.5 Å². The minimum atomic E-state index is -1.02. The number of nitrogens with zero attached hydrogens (tertiary/aromatic N) is 1. The van der Waals surface area contributed by atoms with Crippen molar-refractivity contribution in [3.63, 3.8) is 0 Å². The Morgan fingerprint density at radius 2 is 1.72 bits per heavy atom. The second-order valence-corrected chi connectivity index (χ2v) is 9.09. The number of rotatable bonds is 8. The molecule has 1 fully saturated rings. The number of hydrogen-bond acceptors (Lipinski definition) is 5. The second-order valence-electron chi connectivity index (χ2n) is 9.09. The van der Waals surface area contributed by atoms with Gasteiger partial charge in [0.2, 0.25) is 0 Å². The van der Waals surface area contributed by atoms with Crippen LogP contribution in [0.25, 0.3) is 23.3 Å². The molecule has 3 aromatic carbocycles. The predicted molar refractivity (Wildman–Crippen MR) is 142 cm³/mol. The van der Waals surface area contributed by atoms with Crippen LogP contribution in [0, 0.1) is 6.92 Å². The lowest BCUT2D eigenvalue weighted by Crippen LogP contribution is -2.52. The summed E-state index contributed by atoms with van der Waals surface area (Å²) in [5.41, 5.74) is 6.36. The zero-order chi connectivity index (χ0) is 25.7. The molecule has 0 spiro atoms. The molecule has 188 valence electrons. The molecule has 0 radical (unpaired) electrons. The fraction of sp³-hybridized carbons (Fsp3) is 0.300.